The molecular formula is C89H132N22O19S2. The summed E-state index contributed by atoms with van der Waals surface area (Å²) in [6.45, 7) is 14.8. The Labute approximate surface area is 774 Å². The Bertz CT molecular complexity index is 4860. The second-order valence-electron chi connectivity index (χ2n) is 34.3. The zero-order valence-corrected chi connectivity index (χ0v) is 78.1. The number of unbranched alkanes of at least 4 members (excludes halogenated alkanes) is 3. The number of urea groups is 1. The molecule has 41 nitrogen and oxygen atoms in total. The van der Waals surface area contributed by atoms with Crippen LogP contribution < -0.4 is 119 Å². The number of H-pyrrole nitrogens is 1. The highest BCUT2D eigenvalue weighted by Crippen LogP contribution is 2.47. The summed E-state index contributed by atoms with van der Waals surface area (Å²) < 4.78 is 2.59. The molecule has 0 radical (unpaired) electrons. The van der Waals surface area contributed by atoms with Gasteiger partial charge in [0.15, 0.2) is 0 Å². The zero-order chi connectivity index (χ0) is 97.7. The number of aliphatic hydroxyl groups excluding tert-OH is 1. The van der Waals surface area contributed by atoms with Gasteiger partial charge in [0, 0.05) is 106 Å². The number of para-hydroxylation sites is 1. The van der Waals surface area contributed by atoms with Crippen LogP contribution in [0.25, 0.3) is 21.7 Å². The quantitative estimate of drug-likeness (QED) is 0.0155. The maximum atomic E-state index is 16.4. The van der Waals surface area contributed by atoms with Crippen molar-refractivity contribution in [2.24, 2.45) is 34.4 Å². The number of primary amides is 4. The average molecular weight is 1880 g/mol. The number of carbonyl (C=O) groups excluding carboxylic acids is 17. The van der Waals surface area contributed by atoms with Crippen LogP contribution in [0.2, 0.25) is 0 Å². The summed E-state index contributed by atoms with van der Waals surface area (Å²) >= 11 is 0. The van der Waals surface area contributed by atoms with E-state index in [1.54, 1.807) is 66.9 Å². The van der Waals surface area contributed by atoms with Gasteiger partial charge >= 0.3 is 6.03 Å². The number of aliphatic hydroxyl groups is 1. The molecule has 1 aromatic heterocycles. The van der Waals surface area contributed by atoms with Crippen molar-refractivity contribution in [1.29, 1.82) is 0 Å². The topological polar surface area (TPSA) is 672 Å². The van der Waals surface area contributed by atoms with Gasteiger partial charge in [-0.05, 0) is 171 Å². The number of ether oxygens (including phenoxy) is 1. The number of carbonyl (C=O) groups is 17. The van der Waals surface area contributed by atoms with Gasteiger partial charge < -0.3 is 129 Å². The molecule has 1 saturated heterocycles. The summed E-state index contributed by atoms with van der Waals surface area (Å²) in [6.07, 6.45) is -1.24. The van der Waals surface area contributed by atoms with Crippen molar-refractivity contribution in [3.8, 4) is 5.75 Å². The molecule has 13 atom stereocenters. The maximum Gasteiger partial charge on any atom is 0.312 e. The molecule has 0 spiro atoms. The number of aromatic amines is 1. The van der Waals surface area contributed by atoms with Gasteiger partial charge in [-0.25, -0.2) is 4.79 Å². The molecule has 0 saturated carbocycles. The Kier molecular flexibility index (Phi) is 43.4. The van der Waals surface area contributed by atoms with Crippen molar-refractivity contribution in [2.75, 3.05) is 45.9 Å². The van der Waals surface area contributed by atoms with E-state index in [2.05, 4.69) is 84.7 Å². The summed E-state index contributed by atoms with van der Waals surface area (Å²) in [7, 11) is 1.82. The van der Waals surface area contributed by atoms with Crippen molar-refractivity contribution in [2.45, 2.75) is 260 Å². The molecule has 29 N–H and O–H groups in total. The smallest absolute Gasteiger partial charge is 0.312 e. The molecule has 5 aromatic rings. The molecule has 1 aliphatic heterocycles. The number of aryl methyl sites for hydroxylation is 1. The zero-order valence-electron chi connectivity index (χ0n) is 76.4. The van der Waals surface area contributed by atoms with Gasteiger partial charge in [-0.15, -0.1) is 0 Å². The van der Waals surface area contributed by atoms with E-state index in [1.807, 2.05) is 31.2 Å². The van der Waals surface area contributed by atoms with E-state index < -0.39 is 189 Å². The molecule has 2 heterocycles. The third kappa shape index (κ3) is 35.5. The maximum absolute atomic E-state index is 16.4. The molecule has 1 aliphatic rings. The lowest BCUT2D eigenvalue weighted by Crippen LogP contribution is -2.65. The fraction of sp³-hybridized carbons (Fsp3) is 0.539. The van der Waals surface area contributed by atoms with Crippen LogP contribution in [0.1, 0.15) is 168 Å². The Hall–Kier alpha value is -12.2. The number of benzene rings is 4. The number of hydrogen-bond donors (Lipinski definition) is 23. The van der Waals surface area contributed by atoms with Crippen LogP contribution in [0.5, 0.6) is 5.75 Å². The molecule has 18 amide bonds. The lowest BCUT2D eigenvalue weighted by Gasteiger charge is -2.39. The van der Waals surface area contributed by atoms with E-state index in [9.17, 15) is 57.8 Å². The number of nitrogens with two attached hydrogens (primary N) is 6. The van der Waals surface area contributed by atoms with Gasteiger partial charge in [0.2, 0.25) is 94.5 Å². The van der Waals surface area contributed by atoms with E-state index >= 15 is 28.8 Å². The fourth-order valence-electron chi connectivity index (χ4n) is 14.8. The molecule has 43 heteroatoms. The van der Waals surface area contributed by atoms with Gasteiger partial charge in [-0.2, -0.15) is 0 Å². The minimum absolute atomic E-state index is 0.0911. The molecule has 1 fully saturated rings. The summed E-state index contributed by atoms with van der Waals surface area (Å²) in [6, 6.07) is 6.00. The summed E-state index contributed by atoms with van der Waals surface area (Å²) in [4.78, 5) is 245. The van der Waals surface area contributed by atoms with Gasteiger partial charge in [0.05, 0.1) is 24.6 Å². The molecule has 724 valence electrons. The van der Waals surface area contributed by atoms with Crippen LogP contribution >= 0.6 is 21.6 Å². The SMILES string of the molecule is CC(=O)NCCCC[C@@H]1NC(=O)[C@H](Cc2c[nH]c3c(C)cccc23)NC(=O)[C@H]([C@@H](C)O)NC(=O)[C@H](CC(N)=O)NC(=O)[C@@H](NC(C)=O)C(C)(C)SSC(C)(C)[C@@H](C(=O)N[C@@H](Cc2ccc(OCCN)cc2)C(=O)N[C@@H](Cc2ccc3ccccc3c2)C(=O)N[C@@](C)(CCCCN)C(=O)N[C@@H](CCCCNC(C)=O)C(=O)N[C@H](CN[C@@H](CCCNC(N)=O)C(N)=O)CC(N)=O)NC1=O. The van der Waals surface area contributed by atoms with E-state index in [0.29, 0.717) is 46.2 Å². The van der Waals surface area contributed by atoms with Crippen LogP contribution in [-0.2, 0) is 96.0 Å². The van der Waals surface area contributed by atoms with Crippen molar-refractivity contribution in [3.05, 3.63) is 113 Å². The predicted octanol–water partition coefficient (Wildman–Crippen LogP) is -1.54. The van der Waals surface area contributed by atoms with Crippen molar-refractivity contribution < 1.29 is 91.4 Å². The largest absolute Gasteiger partial charge is 0.492 e. The molecule has 0 unspecified atom stereocenters. The average Bonchev–Trinajstić information content (AvgIpc) is 1.06. The molecule has 0 aliphatic carbocycles. The molecule has 132 heavy (non-hydrogen) atoms. The highest BCUT2D eigenvalue weighted by atomic mass is 33.1. The third-order valence-electron chi connectivity index (χ3n) is 22.0. The van der Waals surface area contributed by atoms with Crippen LogP contribution in [0, 0.1) is 6.92 Å². The van der Waals surface area contributed by atoms with Gasteiger partial charge in [0.25, 0.3) is 0 Å². The monoisotopic (exact) mass is 1880 g/mol. The minimum atomic E-state index is -1.98. The third-order valence-corrected chi connectivity index (χ3v) is 26.3. The van der Waals surface area contributed by atoms with Gasteiger partial charge in [-0.1, -0.05) is 94.4 Å². The minimum Gasteiger partial charge on any atom is -0.492 e. The van der Waals surface area contributed by atoms with Crippen molar-refractivity contribution >= 4 is 144 Å². The van der Waals surface area contributed by atoms with Crippen LogP contribution in [0.15, 0.2) is 91.1 Å². The first-order valence-corrected chi connectivity index (χ1v) is 46.1. The van der Waals surface area contributed by atoms with E-state index in [1.165, 1.54) is 48.5 Å². The Morgan fingerprint density at radius 3 is 1.80 bits per heavy atom. The second kappa shape index (κ2) is 52.7. The summed E-state index contributed by atoms with van der Waals surface area (Å²) in [5.41, 5.74) is 35.0. The van der Waals surface area contributed by atoms with E-state index in [0.717, 1.165) is 51.8 Å². The first-order valence-electron chi connectivity index (χ1n) is 44.0. The summed E-state index contributed by atoms with van der Waals surface area (Å²) in [5.74, 6) is -14.1. The predicted molar refractivity (Wildman–Crippen MR) is 499 cm³/mol. The number of rotatable bonds is 47. The summed E-state index contributed by atoms with van der Waals surface area (Å²) in [5, 5.41) is 54.3. The lowest BCUT2D eigenvalue weighted by molar-refractivity contribution is -0.138. The van der Waals surface area contributed by atoms with Crippen molar-refractivity contribution in [3.63, 3.8) is 0 Å². The number of aromatic nitrogens is 1. The second-order valence-corrected chi connectivity index (χ2v) is 37.7. The first kappa shape index (κ1) is 109. The number of hydrogen-bond acceptors (Lipinski definition) is 24. The lowest BCUT2D eigenvalue weighted by atomic mass is 9.91. The Morgan fingerprint density at radius 1 is 0.568 bits per heavy atom. The standard InChI is InChI=1S/C89H132N22O19S2/c1-49-21-19-24-61-58(47-100-71(49)61)44-67-79(122)103-63(25-13-17-37-96-51(3)113)77(120)110-74(88(8,9)132-131-87(6,7)73(101-53(5)115)83(126)107-68(46-70(93)117)80(123)109-72(50(2)112)82(125)105-67)84(127)106-65(42-54-29-32-60(33-30-54)130-40-36-91)78(121)104-66(43-55-28-31-56-22-11-12-23-57(56)41-55)81(124)111-89(10,34-15-16-35-90)85(128)108-64(26-14-18-38-97-52(4)114)76(119)102-59(45-69(92)116)48-99-62(75(94)118)27-20-39-98-86(95)129/h11-12,19,21-24,28-33,41,47,50,59,62-68,72-74,99-100,112H,13-18,20,25-27,34-40,42-46,48,90-91H2,1-10H3,(H2,92,116)(H2,93,117)(H2,94,118)(H,96,113)(H,97,114)(H,101,115)(H,102,119)(H,103,122)(H,104,121)(H,105,125)(H,106,127)(H,107,126)(H,108,128)(H,109,123)(H,110,120)(H,111,124)(H3,95,98,129)/t50-,59+,62+,63+,64+,65+,66+,67+,68+,72+,73-,74-,89+/m1/s1. The van der Waals surface area contributed by atoms with Crippen molar-refractivity contribution in [1.82, 2.24) is 84.7 Å². The molecule has 4 aromatic carbocycles. The Balaban J connectivity index is 1.53. The molecular weight excluding hydrogens is 1750 g/mol. The normalized spacial score (nSPS) is 19.1. The van der Waals surface area contributed by atoms with E-state index in [-0.39, 0.29) is 135 Å². The molecule has 6 rings (SSSR count). The number of nitrogens with one attached hydrogen (secondary N) is 16. The van der Waals surface area contributed by atoms with Crippen LogP contribution in [0.3, 0.4) is 0 Å². The van der Waals surface area contributed by atoms with Crippen LogP contribution in [-0.4, -0.2) is 244 Å². The Morgan fingerprint density at radius 2 is 1.17 bits per heavy atom. The highest BCUT2D eigenvalue weighted by molar-refractivity contribution is 8.77. The van der Waals surface area contributed by atoms with E-state index in [4.69, 9.17) is 39.1 Å². The highest BCUT2D eigenvalue weighted by Gasteiger charge is 2.47. The van der Waals surface area contributed by atoms with Gasteiger partial charge in [-0.3, -0.25) is 76.7 Å². The van der Waals surface area contributed by atoms with Gasteiger partial charge in [0.1, 0.15) is 72.3 Å². The fourth-order valence-corrected chi connectivity index (χ4v) is 17.6. The van der Waals surface area contributed by atoms with Crippen LogP contribution in [0.4, 0.5) is 4.79 Å². The number of fused-ring (bicyclic) bond motifs is 2. The molecule has 0 bridgehead atoms. The number of amides is 18. The first-order chi connectivity index (χ1) is 62.3.